The lowest BCUT2D eigenvalue weighted by molar-refractivity contribution is -0.120. The predicted molar refractivity (Wildman–Crippen MR) is 68.9 cm³/mol. The maximum absolute atomic E-state index is 11.6. The Morgan fingerprint density at radius 3 is 2.28 bits per heavy atom. The van der Waals surface area contributed by atoms with Crippen molar-refractivity contribution >= 4 is 17.7 Å². The van der Waals surface area contributed by atoms with Crippen molar-refractivity contribution in [3.63, 3.8) is 0 Å². The highest BCUT2D eigenvalue weighted by molar-refractivity contribution is 5.93. The van der Waals surface area contributed by atoms with E-state index in [4.69, 9.17) is 10.5 Å². The second-order valence-corrected chi connectivity index (χ2v) is 4.97. The zero-order valence-corrected chi connectivity index (χ0v) is 10.8. The molecule has 0 fully saturated rings. The van der Waals surface area contributed by atoms with Crippen LogP contribution in [0.2, 0.25) is 0 Å². The fourth-order valence-corrected chi connectivity index (χ4v) is 1.28. The van der Waals surface area contributed by atoms with E-state index in [0.29, 0.717) is 5.69 Å². The summed E-state index contributed by atoms with van der Waals surface area (Å²) in [4.78, 5) is 22.9. The number of amides is 2. The molecule has 0 saturated heterocycles. The van der Waals surface area contributed by atoms with Gasteiger partial charge in [0.1, 0.15) is 5.60 Å². The summed E-state index contributed by atoms with van der Waals surface area (Å²) >= 11 is 0. The molecule has 0 saturated carbocycles. The van der Waals surface area contributed by atoms with Crippen LogP contribution in [-0.2, 0) is 16.0 Å². The number of anilines is 1. The highest BCUT2D eigenvalue weighted by atomic mass is 16.6. The molecule has 18 heavy (non-hydrogen) atoms. The number of imide groups is 1. The van der Waals surface area contributed by atoms with Crippen LogP contribution in [0, 0.1) is 0 Å². The number of carbonyl (C=O) groups is 2. The van der Waals surface area contributed by atoms with Crippen LogP contribution < -0.4 is 11.1 Å². The molecule has 0 aromatic heterocycles. The maximum atomic E-state index is 11.6. The van der Waals surface area contributed by atoms with Gasteiger partial charge in [-0.05, 0) is 38.5 Å². The Morgan fingerprint density at radius 2 is 1.78 bits per heavy atom. The van der Waals surface area contributed by atoms with Gasteiger partial charge in [-0.25, -0.2) is 4.79 Å². The average molecular weight is 250 g/mol. The van der Waals surface area contributed by atoms with Gasteiger partial charge in [0.25, 0.3) is 0 Å². The molecule has 1 aromatic rings. The van der Waals surface area contributed by atoms with Crippen LogP contribution in [-0.4, -0.2) is 17.6 Å². The Balaban J connectivity index is 2.47. The van der Waals surface area contributed by atoms with Crippen molar-refractivity contribution in [3.05, 3.63) is 29.8 Å². The molecule has 1 rings (SSSR count). The second kappa shape index (κ2) is 5.53. The van der Waals surface area contributed by atoms with Crippen molar-refractivity contribution in [1.29, 1.82) is 0 Å². The molecule has 0 aliphatic carbocycles. The van der Waals surface area contributed by atoms with Crippen molar-refractivity contribution in [3.8, 4) is 0 Å². The molecular weight excluding hydrogens is 232 g/mol. The average Bonchev–Trinajstić information content (AvgIpc) is 2.18. The van der Waals surface area contributed by atoms with E-state index in [1.165, 1.54) is 0 Å². The Morgan fingerprint density at radius 1 is 1.22 bits per heavy atom. The van der Waals surface area contributed by atoms with Crippen LogP contribution in [0.1, 0.15) is 26.3 Å². The smallest absolute Gasteiger partial charge is 0.414 e. The molecule has 1 aromatic carbocycles. The van der Waals surface area contributed by atoms with Gasteiger partial charge in [0.2, 0.25) is 5.91 Å². The summed E-state index contributed by atoms with van der Waals surface area (Å²) in [6.07, 6.45) is -0.623. The van der Waals surface area contributed by atoms with Crippen molar-refractivity contribution in [2.45, 2.75) is 32.8 Å². The van der Waals surface area contributed by atoms with Crippen LogP contribution in [0.4, 0.5) is 10.5 Å². The predicted octanol–water partition coefficient (Wildman–Crippen LogP) is 1.86. The minimum Gasteiger partial charge on any atom is -0.444 e. The highest BCUT2D eigenvalue weighted by Gasteiger charge is 2.18. The van der Waals surface area contributed by atoms with Gasteiger partial charge in [0.05, 0.1) is 6.42 Å². The van der Waals surface area contributed by atoms with E-state index in [0.717, 1.165) is 5.56 Å². The topological polar surface area (TPSA) is 81.4 Å². The quantitative estimate of drug-likeness (QED) is 0.785. The number of carbonyl (C=O) groups excluding carboxylic acids is 2. The van der Waals surface area contributed by atoms with E-state index in [1.807, 2.05) is 0 Å². The van der Waals surface area contributed by atoms with Gasteiger partial charge in [-0.2, -0.15) is 0 Å². The Hall–Kier alpha value is -2.04. The SMILES string of the molecule is CC(C)(C)OC(=O)NC(=O)Cc1ccc(N)cc1. The Bertz CT molecular complexity index is 433. The van der Waals surface area contributed by atoms with Crippen molar-refractivity contribution < 1.29 is 14.3 Å². The van der Waals surface area contributed by atoms with Gasteiger partial charge in [0, 0.05) is 5.69 Å². The van der Waals surface area contributed by atoms with Gasteiger partial charge in [-0.3, -0.25) is 10.1 Å². The minimum atomic E-state index is -0.733. The van der Waals surface area contributed by atoms with E-state index in [-0.39, 0.29) is 6.42 Å². The van der Waals surface area contributed by atoms with Crippen LogP contribution >= 0.6 is 0 Å². The van der Waals surface area contributed by atoms with Crippen molar-refractivity contribution in [2.24, 2.45) is 0 Å². The number of benzene rings is 1. The molecule has 0 unspecified atom stereocenters. The fourth-order valence-electron chi connectivity index (χ4n) is 1.28. The number of ether oxygens (including phenoxy) is 1. The van der Waals surface area contributed by atoms with Crippen LogP contribution in [0.5, 0.6) is 0 Å². The van der Waals surface area contributed by atoms with Crippen LogP contribution in [0.25, 0.3) is 0 Å². The third-order valence-corrected chi connectivity index (χ3v) is 1.98. The van der Waals surface area contributed by atoms with Gasteiger partial charge in [-0.1, -0.05) is 12.1 Å². The zero-order chi connectivity index (χ0) is 13.8. The largest absolute Gasteiger partial charge is 0.444 e. The number of nitrogen functional groups attached to an aromatic ring is 1. The van der Waals surface area contributed by atoms with Gasteiger partial charge in [-0.15, -0.1) is 0 Å². The minimum absolute atomic E-state index is 0.111. The first-order chi connectivity index (χ1) is 8.26. The summed E-state index contributed by atoms with van der Waals surface area (Å²) in [6, 6.07) is 6.89. The summed E-state index contributed by atoms with van der Waals surface area (Å²) in [5.74, 6) is -0.408. The molecule has 0 aliphatic heterocycles. The third kappa shape index (κ3) is 5.34. The molecule has 0 bridgehead atoms. The number of rotatable bonds is 2. The molecular formula is C13H18N2O3. The molecule has 3 N–H and O–H groups in total. The normalized spacial score (nSPS) is 10.8. The summed E-state index contributed by atoms with van der Waals surface area (Å²) in [5.41, 5.74) is 6.33. The molecule has 0 radical (unpaired) electrons. The lowest BCUT2D eigenvalue weighted by atomic mass is 10.1. The molecule has 98 valence electrons. The molecule has 0 aliphatic rings. The molecule has 5 heteroatoms. The summed E-state index contributed by atoms with van der Waals surface area (Å²) < 4.78 is 4.97. The number of hydrogen-bond acceptors (Lipinski definition) is 4. The standard InChI is InChI=1S/C13H18N2O3/c1-13(2,3)18-12(17)15-11(16)8-9-4-6-10(14)7-5-9/h4-7H,8,14H2,1-3H3,(H,15,16,17). The second-order valence-electron chi connectivity index (χ2n) is 4.97. The first kappa shape index (κ1) is 14.0. The molecule has 5 nitrogen and oxygen atoms in total. The van der Waals surface area contributed by atoms with Gasteiger partial charge in [0.15, 0.2) is 0 Å². The summed E-state index contributed by atoms with van der Waals surface area (Å²) in [5, 5.41) is 2.17. The molecule has 0 atom stereocenters. The van der Waals surface area contributed by atoms with E-state index in [1.54, 1.807) is 45.0 Å². The highest BCUT2D eigenvalue weighted by Crippen LogP contribution is 2.08. The Kier molecular flexibility index (Phi) is 4.31. The van der Waals surface area contributed by atoms with Crippen molar-refractivity contribution in [1.82, 2.24) is 5.32 Å². The lowest BCUT2D eigenvalue weighted by Gasteiger charge is -2.19. The number of alkyl carbamates (subject to hydrolysis) is 1. The summed E-state index contributed by atoms with van der Waals surface area (Å²) in [6.45, 7) is 5.20. The first-order valence-electron chi connectivity index (χ1n) is 5.63. The molecule has 2 amide bonds. The van der Waals surface area contributed by atoms with E-state index in [2.05, 4.69) is 5.32 Å². The third-order valence-electron chi connectivity index (χ3n) is 1.98. The fraction of sp³-hybridized carbons (Fsp3) is 0.385. The molecule has 0 spiro atoms. The number of hydrogen-bond donors (Lipinski definition) is 2. The monoisotopic (exact) mass is 250 g/mol. The van der Waals surface area contributed by atoms with Crippen LogP contribution in [0.3, 0.4) is 0 Å². The zero-order valence-electron chi connectivity index (χ0n) is 10.8. The maximum Gasteiger partial charge on any atom is 0.414 e. The first-order valence-corrected chi connectivity index (χ1v) is 5.63. The Labute approximate surface area is 106 Å². The van der Waals surface area contributed by atoms with Gasteiger partial charge >= 0.3 is 6.09 Å². The van der Waals surface area contributed by atoms with E-state index in [9.17, 15) is 9.59 Å². The van der Waals surface area contributed by atoms with Gasteiger partial charge < -0.3 is 10.5 Å². The summed E-state index contributed by atoms with van der Waals surface area (Å²) in [7, 11) is 0. The number of nitrogens with two attached hydrogens (primary N) is 1. The van der Waals surface area contributed by atoms with Crippen LogP contribution in [0.15, 0.2) is 24.3 Å². The number of nitrogens with one attached hydrogen (secondary N) is 1. The van der Waals surface area contributed by atoms with E-state index >= 15 is 0 Å². The lowest BCUT2D eigenvalue weighted by Crippen LogP contribution is -2.37. The molecule has 0 heterocycles. The van der Waals surface area contributed by atoms with E-state index < -0.39 is 17.6 Å². The van der Waals surface area contributed by atoms with Crippen molar-refractivity contribution in [2.75, 3.05) is 5.73 Å².